The van der Waals surface area contributed by atoms with Crippen LogP contribution in [-0.2, 0) is 21.4 Å². The summed E-state index contributed by atoms with van der Waals surface area (Å²) >= 11 is 5.89. The molecule has 0 saturated carbocycles. The molecule has 6 nitrogen and oxygen atoms in total. The van der Waals surface area contributed by atoms with Crippen molar-refractivity contribution >= 4 is 33.2 Å². The van der Waals surface area contributed by atoms with Crippen molar-refractivity contribution in [2.24, 2.45) is 0 Å². The maximum atomic E-state index is 12.8. The minimum atomic E-state index is -3.67. The molecule has 2 rings (SSSR count). The Labute approximate surface area is 165 Å². The lowest BCUT2D eigenvalue weighted by Gasteiger charge is -2.30. The number of ether oxygens (including phenoxy) is 1. The van der Waals surface area contributed by atoms with E-state index >= 15 is 0 Å². The molecule has 0 bridgehead atoms. The summed E-state index contributed by atoms with van der Waals surface area (Å²) in [6.07, 6.45) is 1.40. The van der Waals surface area contributed by atoms with Crippen LogP contribution >= 0.6 is 11.6 Å². The third kappa shape index (κ3) is 5.61. The van der Waals surface area contributed by atoms with Crippen LogP contribution in [0.25, 0.3) is 0 Å². The standard InChI is InChI=1S/C19H23ClN2O4S/c1-4-18(19(23)21-13-14-6-5-7-17(12-14)26-2)22(27(3,24)25)16-10-8-15(20)9-11-16/h5-12,18H,4,13H2,1-3H3,(H,21,23). The number of benzene rings is 2. The van der Waals surface area contributed by atoms with Crippen molar-refractivity contribution in [1.29, 1.82) is 0 Å². The number of nitrogens with zero attached hydrogens (tertiary/aromatic N) is 1. The number of halogens is 1. The molecule has 1 atom stereocenters. The van der Waals surface area contributed by atoms with Gasteiger partial charge in [-0.2, -0.15) is 0 Å². The molecule has 0 fully saturated rings. The highest BCUT2D eigenvalue weighted by atomic mass is 35.5. The van der Waals surface area contributed by atoms with E-state index < -0.39 is 16.1 Å². The molecular formula is C19H23ClN2O4S. The molecule has 146 valence electrons. The second kappa shape index (κ2) is 9.10. The van der Waals surface area contributed by atoms with E-state index in [1.54, 1.807) is 38.3 Å². The number of methoxy groups -OCH3 is 1. The number of carbonyl (C=O) groups excluding carboxylic acids is 1. The molecule has 0 aliphatic rings. The topological polar surface area (TPSA) is 75.7 Å². The Bertz CT molecular complexity index is 885. The molecule has 1 unspecified atom stereocenters. The summed E-state index contributed by atoms with van der Waals surface area (Å²) in [4.78, 5) is 12.8. The van der Waals surface area contributed by atoms with E-state index in [-0.39, 0.29) is 12.5 Å². The number of rotatable bonds is 8. The Balaban J connectivity index is 2.22. The lowest BCUT2D eigenvalue weighted by Crippen LogP contribution is -2.49. The Morgan fingerprint density at radius 2 is 1.89 bits per heavy atom. The van der Waals surface area contributed by atoms with E-state index in [1.165, 1.54) is 0 Å². The number of carbonyl (C=O) groups is 1. The van der Waals surface area contributed by atoms with Gasteiger partial charge in [0.25, 0.3) is 0 Å². The average molecular weight is 411 g/mol. The zero-order chi connectivity index (χ0) is 20.0. The summed E-state index contributed by atoms with van der Waals surface area (Å²) in [6.45, 7) is 2.04. The van der Waals surface area contributed by atoms with Crippen LogP contribution in [0, 0.1) is 0 Å². The molecule has 0 aromatic heterocycles. The molecule has 0 aliphatic carbocycles. The zero-order valence-electron chi connectivity index (χ0n) is 15.5. The molecule has 27 heavy (non-hydrogen) atoms. The maximum absolute atomic E-state index is 12.8. The normalized spacial score (nSPS) is 12.3. The van der Waals surface area contributed by atoms with Gasteiger partial charge in [0, 0.05) is 11.6 Å². The zero-order valence-corrected chi connectivity index (χ0v) is 17.0. The van der Waals surface area contributed by atoms with Gasteiger partial charge in [0.1, 0.15) is 11.8 Å². The Hall–Kier alpha value is -2.25. The second-order valence-electron chi connectivity index (χ2n) is 6.03. The minimum Gasteiger partial charge on any atom is -0.497 e. The first-order valence-electron chi connectivity index (χ1n) is 8.42. The van der Waals surface area contributed by atoms with E-state index in [2.05, 4.69) is 5.32 Å². The molecule has 0 radical (unpaired) electrons. The molecule has 0 aliphatic heterocycles. The summed E-state index contributed by atoms with van der Waals surface area (Å²) in [5, 5.41) is 3.30. The van der Waals surface area contributed by atoms with Gasteiger partial charge < -0.3 is 10.1 Å². The Morgan fingerprint density at radius 3 is 2.44 bits per heavy atom. The molecule has 1 N–H and O–H groups in total. The fourth-order valence-corrected chi connectivity index (χ4v) is 4.08. The largest absolute Gasteiger partial charge is 0.497 e. The van der Waals surface area contributed by atoms with E-state index in [1.807, 2.05) is 24.3 Å². The third-order valence-corrected chi connectivity index (χ3v) is 5.44. The van der Waals surface area contributed by atoms with Crippen LogP contribution in [0.5, 0.6) is 5.75 Å². The highest BCUT2D eigenvalue weighted by Gasteiger charge is 2.31. The van der Waals surface area contributed by atoms with E-state index in [0.29, 0.717) is 22.9 Å². The number of sulfonamides is 1. The van der Waals surface area contributed by atoms with Crippen molar-refractivity contribution in [3.8, 4) is 5.75 Å². The monoisotopic (exact) mass is 410 g/mol. The molecule has 2 aromatic rings. The van der Waals surface area contributed by atoms with Crippen LogP contribution < -0.4 is 14.4 Å². The second-order valence-corrected chi connectivity index (χ2v) is 8.32. The fourth-order valence-electron chi connectivity index (χ4n) is 2.74. The lowest BCUT2D eigenvalue weighted by molar-refractivity contribution is -0.122. The lowest BCUT2D eigenvalue weighted by atomic mass is 10.1. The average Bonchev–Trinajstić information content (AvgIpc) is 2.64. The van der Waals surface area contributed by atoms with E-state index in [4.69, 9.17) is 16.3 Å². The smallest absolute Gasteiger partial charge is 0.244 e. The molecule has 8 heteroatoms. The SMILES string of the molecule is CCC(C(=O)NCc1cccc(OC)c1)N(c1ccc(Cl)cc1)S(C)(=O)=O. The van der Waals surface area contributed by atoms with Gasteiger partial charge in [-0.15, -0.1) is 0 Å². The number of amides is 1. The van der Waals surface area contributed by atoms with E-state index in [0.717, 1.165) is 16.1 Å². The van der Waals surface area contributed by atoms with Crippen molar-refractivity contribution in [3.63, 3.8) is 0 Å². The maximum Gasteiger partial charge on any atom is 0.244 e. The number of anilines is 1. The first kappa shape index (κ1) is 21.1. The highest BCUT2D eigenvalue weighted by molar-refractivity contribution is 7.92. The van der Waals surface area contributed by atoms with Crippen LogP contribution in [0.15, 0.2) is 48.5 Å². The van der Waals surface area contributed by atoms with Crippen molar-refractivity contribution in [2.45, 2.75) is 25.9 Å². The van der Waals surface area contributed by atoms with Gasteiger partial charge in [-0.25, -0.2) is 8.42 Å². The minimum absolute atomic E-state index is 0.269. The third-order valence-electron chi connectivity index (χ3n) is 4.01. The Morgan fingerprint density at radius 1 is 1.22 bits per heavy atom. The highest BCUT2D eigenvalue weighted by Crippen LogP contribution is 2.24. The summed E-state index contributed by atoms with van der Waals surface area (Å²) in [5.74, 6) is 0.313. The summed E-state index contributed by atoms with van der Waals surface area (Å²) in [5.41, 5.74) is 1.25. The van der Waals surface area contributed by atoms with Gasteiger partial charge in [0.15, 0.2) is 0 Å². The van der Waals surface area contributed by atoms with Crippen molar-refractivity contribution in [1.82, 2.24) is 5.32 Å². The Kier molecular flexibility index (Phi) is 7.10. The van der Waals surface area contributed by atoms with Crippen LogP contribution in [0.2, 0.25) is 5.02 Å². The number of hydrogen-bond donors (Lipinski definition) is 1. The van der Waals surface area contributed by atoms with E-state index in [9.17, 15) is 13.2 Å². The predicted octanol–water partition coefficient (Wildman–Crippen LogP) is 3.21. The van der Waals surface area contributed by atoms with Crippen LogP contribution in [0.3, 0.4) is 0 Å². The number of hydrogen-bond acceptors (Lipinski definition) is 4. The summed E-state index contributed by atoms with van der Waals surface area (Å²) in [6, 6.07) is 12.8. The van der Waals surface area contributed by atoms with Crippen molar-refractivity contribution < 1.29 is 17.9 Å². The molecule has 2 aromatic carbocycles. The molecule has 1 amide bonds. The first-order valence-corrected chi connectivity index (χ1v) is 10.6. The van der Waals surface area contributed by atoms with Crippen molar-refractivity contribution in [2.75, 3.05) is 17.7 Å². The fraction of sp³-hybridized carbons (Fsp3) is 0.316. The van der Waals surface area contributed by atoms with Crippen LogP contribution in [-0.4, -0.2) is 33.7 Å². The van der Waals surface area contributed by atoms with Gasteiger partial charge in [0.05, 0.1) is 19.1 Å². The van der Waals surface area contributed by atoms with Gasteiger partial charge in [-0.3, -0.25) is 9.10 Å². The van der Waals surface area contributed by atoms with Crippen LogP contribution in [0.4, 0.5) is 5.69 Å². The van der Waals surface area contributed by atoms with Crippen LogP contribution in [0.1, 0.15) is 18.9 Å². The van der Waals surface area contributed by atoms with Gasteiger partial charge in [-0.1, -0.05) is 30.7 Å². The summed E-state index contributed by atoms with van der Waals surface area (Å²) < 4.78 is 31.1. The van der Waals surface area contributed by atoms with Gasteiger partial charge >= 0.3 is 0 Å². The first-order chi connectivity index (χ1) is 12.8. The quantitative estimate of drug-likeness (QED) is 0.725. The molecule has 0 saturated heterocycles. The predicted molar refractivity (Wildman–Crippen MR) is 108 cm³/mol. The molecule has 0 spiro atoms. The summed E-state index contributed by atoms with van der Waals surface area (Å²) in [7, 11) is -2.10. The van der Waals surface area contributed by atoms with Crippen molar-refractivity contribution in [3.05, 3.63) is 59.1 Å². The van der Waals surface area contributed by atoms with Gasteiger partial charge in [-0.05, 0) is 48.4 Å². The molecule has 0 heterocycles. The number of nitrogens with one attached hydrogen (secondary N) is 1. The van der Waals surface area contributed by atoms with Gasteiger partial charge in [0.2, 0.25) is 15.9 Å². The molecular weight excluding hydrogens is 388 g/mol.